The Hall–Kier alpha value is -2.38. The topological polar surface area (TPSA) is 99.7 Å². The molecule has 31 heavy (non-hydrogen) atoms. The number of hydrogen-bond acceptors (Lipinski definition) is 7. The van der Waals surface area contributed by atoms with Crippen molar-refractivity contribution in [2.75, 3.05) is 11.6 Å². The fourth-order valence-corrected chi connectivity index (χ4v) is 3.84. The average molecular weight is 441 g/mol. The molecule has 0 saturated heterocycles. The minimum absolute atomic E-state index is 0.204. The molecular formula is C24H36N6S. The maximum absolute atomic E-state index is 8.82. The highest BCUT2D eigenvalue weighted by Crippen LogP contribution is 2.37. The van der Waals surface area contributed by atoms with Crippen LogP contribution in [0.1, 0.15) is 63.8 Å². The molecule has 1 aliphatic carbocycles. The van der Waals surface area contributed by atoms with E-state index < -0.39 is 0 Å². The molecule has 3 rings (SSSR count). The quantitative estimate of drug-likeness (QED) is 0.329. The first-order chi connectivity index (χ1) is 14.9. The summed E-state index contributed by atoms with van der Waals surface area (Å²) >= 11 is 1.55. The van der Waals surface area contributed by atoms with E-state index in [0.717, 1.165) is 53.2 Å². The van der Waals surface area contributed by atoms with E-state index in [1.807, 2.05) is 50.6 Å². The van der Waals surface area contributed by atoms with E-state index in [9.17, 15) is 0 Å². The van der Waals surface area contributed by atoms with E-state index in [4.69, 9.17) is 16.1 Å². The van der Waals surface area contributed by atoms with Gasteiger partial charge in [0.25, 0.3) is 0 Å². The summed E-state index contributed by atoms with van der Waals surface area (Å²) in [6.07, 6.45) is 8.32. The highest BCUT2D eigenvalue weighted by atomic mass is 32.2. The number of nitrogens with zero attached hydrogens (tertiary/aromatic N) is 2. The summed E-state index contributed by atoms with van der Waals surface area (Å²) < 4.78 is 3.24. The predicted octanol–water partition coefficient (Wildman–Crippen LogP) is 5.27. The smallest absolute Gasteiger partial charge is 0.127 e. The van der Waals surface area contributed by atoms with Crippen LogP contribution in [0.5, 0.6) is 0 Å². The van der Waals surface area contributed by atoms with Crippen LogP contribution in [0.2, 0.25) is 0 Å². The lowest BCUT2D eigenvalue weighted by molar-refractivity contribution is 0.315. The number of hydrogen-bond donors (Lipinski definition) is 4. The van der Waals surface area contributed by atoms with Crippen molar-refractivity contribution in [1.82, 2.24) is 14.7 Å². The Kier molecular flexibility index (Phi) is 9.52. The van der Waals surface area contributed by atoms with Crippen LogP contribution in [-0.2, 0) is 13.1 Å². The third kappa shape index (κ3) is 7.36. The van der Waals surface area contributed by atoms with Crippen molar-refractivity contribution in [2.24, 2.45) is 11.1 Å². The third-order valence-corrected chi connectivity index (χ3v) is 5.60. The molecular weight excluding hydrogens is 404 g/mol. The summed E-state index contributed by atoms with van der Waals surface area (Å²) in [5.74, 6) is 0.754. The second-order valence-electron chi connectivity index (χ2n) is 8.19. The molecule has 0 radical (unpaired) electrons. The number of nitrogens with one attached hydrogen (secondary N) is 3. The van der Waals surface area contributed by atoms with Crippen LogP contribution in [-0.4, -0.2) is 21.9 Å². The summed E-state index contributed by atoms with van der Waals surface area (Å²) in [6.45, 7) is 9.73. The van der Waals surface area contributed by atoms with E-state index in [2.05, 4.69) is 28.9 Å². The Bertz CT molecular complexity index is 892. The highest BCUT2D eigenvalue weighted by Gasteiger charge is 2.28. The van der Waals surface area contributed by atoms with Crippen LogP contribution in [0, 0.1) is 10.8 Å². The Morgan fingerprint density at radius 3 is 2.68 bits per heavy atom. The fraction of sp³-hybridized carbons (Fsp3) is 0.458. The lowest BCUT2D eigenvalue weighted by Gasteiger charge is -2.32. The van der Waals surface area contributed by atoms with Gasteiger partial charge in [-0.25, -0.2) is 4.98 Å². The monoisotopic (exact) mass is 440 g/mol. The number of rotatable bonds is 8. The van der Waals surface area contributed by atoms with E-state index in [1.54, 1.807) is 18.1 Å². The van der Waals surface area contributed by atoms with Crippen molar-refractivity contribution in [3.63, 3.8) is 0 Å². The van der Waals surface area contributed by atoms with Gasteiger partial charge < -0.3 is 11.1 Å². The second-order valence-corrected chi connectivity index (χ2v) is 8.89. The Morgan fingerprint density at radius 2 is 2.03 bits per heavy atom. The van der Waals surface area contributed by atoms with Gasteiger partial charge in [-0.15, -0.1) is 0 Å². The summed E-state index contributed by atoms with van der Waals surface area (Å²) in [6, 6.07) is 7.88. The lowest BCUT2D eigenvalue weighted by Crippen LogP contribution is -2.25. The predicted molar refractivity (Wildman–Crippen MR) is 133 cm³/mol. The molecule has 5 N–H and O–H groups in total. The number of aromatic nitrogens is 2. The van der Waals surface area contributed by atoms with Gasteiger partial charge in [0.15, 0.2) is 0 Å². The first-order valence-corrected chi connectivity index (χ1v) is 12.1. The van der Waals surface area contributed by atoms with Crippen LogP contribution in [0.15, 0.2) is 47.9 Å². The van der Waals surface area contributed by atoms with E-state index in [-0.39, 0.29) is 5.41 Å². The zero-order valence-electron chi connectivity index (χ0n) is 19.4. The van der Waals surface area contributed by atoms with Gasteiger partial charge in [-0.05, 0) is 60.3 Å². The van der Waals surface area contributed by atoms with Gasteiger partial charge in [0.05, 0.1) is 11.4 Å². The molecule has 0 bridgehead atoms. The molecule has 2 aromatic rings. The largest absolute Gasteiger partial charge is 0.402 e. The van der Waals surface area contributed by atoms with E-state index in [0.29, 0.717) is 18.8 Å². The maximum atomic E-state index is 8.82. The van der Waals surface area contributed by atoms with Crippen LogP contribution in [0.4, 0.5) is 5.82 Å². The summed E-state index contributed by atoms with van der Waals surface area (Å²) in [5, 5.41) is 12.2. The zero-order valence-corrected chi connectivity index (χ0v) is 20.2. The minimum Gasteiger partial charge on any atom is -0.402 e. The number of anilines is 1. The lowest BCUT2D eigenvalue weighted by atomic mass is 9.75. The molecule has 2 aromatic heterocycles. The van der Waals surface area contributed by atoms with Crippen molar-refractivity contribution in [3.05, 3.63) is 64.8 Å². The van der Waals surface area contributed by atoms with Gasteiger partial charge in [-0.1, -0.05) is 45.7 Å². The fourth-order valence-electron chi connectivity index (χ4n) is 3.55. The number of allylic oxidation sites excluding steroid dienone is 2. The van der Waals surface area contributed by atoms with Crippen molar-refractivity contribution in [2.45, 2.75) is 60.0 Å². The van der Waals surface area contributed by atoms with Crippen molar-refractivity contribution in [1.29, 1.82) is 5.41 Å². The Balaban J connectivity index is 0.00000166. The molecule has 0 aromatic carbocycles. The summed E-state index contributed by atoms with van der Waals surface area (Å²) in [4.78, 5) is 8.86. The van der Waals surface area contributed by atoms with Crippen LogP contribution in [0.25, 0.3) is 0 Å². The molecule has 168 valence electrons. The molecule has 6 nitrogen and oxygen atoms in total. The van der Waals surface area contributed by atoms with Crippen molar-refractivity contribution in [3.8, 4) is 0 Å². The highest BCUT2D eigenvalue weighted by molar-refractivity contribution is 7.96. The van der Waals surface area contributed by atoms with Gasteiger partial charge in [-0.2, -0.15) is 0 Å². The first-order valence-electron chi connectivity index (χ1n) is 10.8. The molecule has 0 amide bonds. The maximum Gasteiger partial charge on any atom is 0.127 e. The summed E-state index contributed by atoms with van der Waals surface area (Å²) in [5.41, 5.74) is 11.7. The van der Waals surface area contributed by atoms with Gasteiger partial charge in [0.2, 0.25) is 0 Å². The normalized spacial score (nSPS) is 15.1. The number of nitrogens with two attached hydrogens (primary N) is 1. The minimum atomic E-state index is 0.204. The van der Waals surface area contributed by atoms with E-state index >= 15 is 0 Å². The SMILES string of the molecule is CC.CSNCc1cc(C(=N)C2=C(N)CC(C)(C)CC2)cc(NCc2cccnc2)n1. The molecule has 0 saturated carbocycles. The number of pyridine rings is 2. The molecule has 0 unspecified atom stereocenters. The van der Waals surface area contributed by atoms with E-state index in [1.165, 1.54) is 0 Å². The molecule has 1 aliphatic rings. The standard InChI is InChI=1S/C22H30N6S.C2H6/c1-22(2)7-6-18(19(23)11-22)21(24)16-9-17(14-27-29-3)28-20(10-16)26-13-15-5-4-8-25-12-15;1-2/h4-5,8-10,12,24,27H,6-7,11,13-14,23H2,1-3H3,(H,26,28);1-2H3. The van der Waals surface area contributed by atoms with Crippen molar-refractivity contribution < 1.29 is 0 Å². The molecule has 2 heterocycles. The van der Waals surface area contributed by atoms with Gasteiger partial charge in [0.1, 0.15) is 5.82 Å². The molecule has 0 aliphatic heterocycles. The van der Waals surface area contributed by atoms with Gasteiger partial charge in [-0.3, -0.25) is 15.1 Å². The molecule has 0 fully saturated rings. The average Bonchev–Trinajstić information content (AvgIpc) is 2.77. The molecule has 0 atom stereocenters. The third-order valence-electron chi connectivity index (χ3n) is 5.17. The van der Waals surface area contributed by atoms with Crippen LogP contribution >= 0.6 is 11.9 Å². The Labute approximate surface area is 191 Å². The Morgan fingerprint density at radius 1 is 1.26 bits per heavy atom. The van der Waals surface area contributed by atoms with Gasteiger partial charge in [0, 0.05) is 36.7 Å². The molecule has 7 heteroatoms. The van der Waals surface area contributed by atoms with Crippen molar-refractivity contribution >= 4 is 23.5 Å². The van der Waals surface area contributed by atoms with Gasteiger partial charge >= 0.3 is 0 Å². The second kappa shape index (κ2) is 11.9. The molecule has 0 spiro atoms. The van der Waals surface area contributed by atoms with Crippen LogP contribution < -0.4 is 15.8 Å². The van der Waals surface area contributed by atoms with Crippen LogP contribution in [0.3, 0.4) is 0 Å². The first kappa shape index (κ1) is 24.9. The zero-order chi connectivity index (χ0) is 22.9. The summed E-state index contributed by atoms with van der Waals surface area (Å²) in [7, 11) is 0.